The average molecular weight is 532 g/mol. The molecule has 0 aliphatic carbocycles. The van der Waals surface area contributed by atoms with Gasteiger partial charge in [0.25, 0.3) is 0 Å². The Kier molecular flexibility index (Phi) is 9.99. The van der Waals surface area contributed by atoms with Gasteiger partial charge in [0, 0.05) is 19.6 Å². The number of para-hydroxylation sites is 3. The van der Waals surface area contributed by atoms with E-state index < -0.39 is 12.1 Å². The molecule has 2 amide bonds. The number of hydrogen-bond donors (Lipinski definition) is 3. The summed E-state index contributed by atoms with van der Waals surface area (Å²) in [4.78, 5) is 39.2. The van der Waals surface area contributed by atoms with Gasteiger partial charge in [0.1, 0.15) is 12.4 Å². The van der Waals surface area contributed by atoms with Crippen molar-refractivity contribution in [1.29, 1.82) is 0 Å². The molecule has 2 aromatic carbocycles. The van der Waals surface area contributed by atoms with Crippen LogP contribution < -0.4 is 21.1 Å². The molecule has 1 unspecified atom stereocenters. The van der Waals surface area contributed by atoms with Crippen LogP contribution in [0.3, 0.4) is 0 Å². The summed E-state index contributed by atoms with van der Waals surface area (Å²) in [6, 6.07) is 15.9. The van der Waals surface area contributed by atoms with Gasteiger partial charge in [0.2, 0.25) is 0 Å². The van der Waals surface area contributed by atoms with Crippen LogP contribution in [0.15, 0.2) is 59.4 Å². The summed E-state index contributed by atoms with van der Waals surface area (Å²) in [7, 11) is 0. The van der Waals surface area contributed by atoms with Crippen molar-refractivity contribution >= 4 is 35.6 Å². The van der Waals surface area contributed by atoms with E-state index in [0.29, 0.717) is 30.9 Å². The molecule has 3 aromatic rings. The number of amides is 2. The number of ether oxygens (including phenoxy) is 1. The van der Waals surface area contributed by atoms with Gasteiger partial charge in [0.15, 0.2) is 0 Å². The van der Waals surface area contributed by atoms with Crippen LogP contribution >= 0.6 is 12.4 Å². The minimum atomic E-state index is -1.08. The number of likely N-dealkylation sites (tertiary alicyclic amines) is 1. The number of rotatable bonds is 9. The van der Waals surface area contributed by atoms with Crippen molar-refractivity contribution in [3.05, 3.63) is 65.1 Å². The molecule has 0 bridgehead atoms. The third-order valence-corrected chi connectivity index (χ3v) is 6.60. The maximum atomic E-state index is 12.9. The molecule has 200 valence electrons. The van der Waals surface area contributed by atoms with Gasteiger partial charge in [-0.15, -0.1) is 12.4 Å². The minimum absolute atomic E-state index is 0. The number of carbonyl (C=O) groups is 2. The summed E-state index contributed by atoms with van der Waals surface area (Å²) in [6.45, 7) is 5.23. The molecule has 1 fully saturated rings. The first-order chi connectivity index (χ1) is 17.5. The van der Waals surface area contributed by atoms with Crippen LogP contribution in [0.5, 0.6) is 5.75 Å². The maximum absolute atomic E-state index is 12.9. The van der Waals surface area contributed by atoms with E-state index in [1.54, 1.807) is 10.6 Å². The number of hydrogen-bond acceptors (Lipinski definition) is 5. The Morgan fingerprint density at radius 1 is 1.05 bits per heavy atom. The lowest BCUT2D eigenvalue weighted by atomic mass is 9.96. The summed E-state index contributed by atoms with van der Waals surface area (Å²) in [5.41, 5.74) is 1.02. The van der Waals surface area contributed by atoms with E-state index in [-0.39, 0.29) is 36.7 Å². The molecular formula is C26H34ClN5O5. The Labute approximate surface area is 221 Å². The van der Waals surface area contributed by atoms with E-state index in [9.17, 15) is 19.5 Å². The Morgan fingerprint density at radius 3 is 2.35 bits per heavy atom. The average Bonchev–Trinajstić information content (AvgIpc) is 3.18. The zero-order valence-corrected chi connectivity index (χ0v) is 21.7. The molecule has 37 heavy (non-hydrogen) atoms. The Hall–Kier alpha value is -3.50. The molecule has 11 heteroatoms. The number of carboxylic acid groups (broad SMARTS) is 1. The maximum Gasteiger partial charge on any atom is 0.405 e. The number of aryl methyl sites for hydroxylation is 1. The highest BCUT2D eigenvalue weighted by atomic mass is 35.5. The first kappa shape index (κ1) is 28.1. The number of carbonyl (C=O) groups excluding carboxylic acids is 1. The molecule has 0 radical (unpaired) electrons. The van der Waals surface area contributed by atoms with Crippen molar-refractivity contribution in [3.8, 4) is 5.75 Å². The lowest BCUT2D eigenvalue weighted by Crippen LogP contribution is -2.49. The monoisotopic (exact) mass is 531 g/mol. The van der Waals surface area contributed by atoms with Gasteiger partial charge in [-0.05, 0) is 63.0 Å². The molecule has 1 aliphatic heterocycles. The normalized spacial score (nSPS) is 15.1. The van der Waals surface area contributed by atoms with Crippen molar-refractivity contribution in [2.24, 2.45) is 5.92 Å². The number of halogens is 1. The molecule has 0 spiro atoms. The van der Waals surface area contributed by atoms with Crippen LogP contribution in [-0.4, -0.2) is 70.1 Å². The van der Waals surface area contributed by atoms with E-state index in [1.807, 2.05) is 55.5 Å². The van der Waals surface area contributed by atoms with E-state index >= 15 is 0 Å². The summed E-state index contributed by atoms with van der Waals surface area (Å²) in [6.07, 6.45) is 0.658. The van der Waals surface area contributed by atoms with Gasteiger partial charge in [-0.1, -0.05) is 30.3 Å². The number of fused-ring (bicyclic) bond motifs is 1. The number of aromatic nitrogens is 2. The lowest BCUT2D eigenvalue weighted by Gasteiger charge is -2.34. The van der Waals surface area contributed by atoms with Gasteiger partial charge in [-0.2, -0.15) is 0 Å². The summed E-state index contributed by atoms with van der Waals surface area (Å²) in [5.74, 6) is 0.984. The number of benzene rings is 2. The van der Waals surface area contributed by atoms with Crippen LogP contribution in [0, 0.1) is 5.92 Å². The molecule has 3 N–H and O–H groups in total. The standard InChI is InChI=1S/C26H33N5O5.ClH/c1-2-30-22-10-6-7-11-23(22)31(26(30)35)24(32)27-16-19-12-14-29(15-13-19)17-20(28-25(33)34)18-36-21-8-4-3-5-9-21;/h3-11,19-20,28H,2,12-18H2,1H3,(H,27,32)(H,33,34);1H. The molecular weight excluding hydrogens is 498 g/mol. The third-order valence-electron chi connectivity index (χ3n) is 6.60. The molecule has 10 nitrogen and oxygen atoms in total. The topological polar surface area (TPSA) is 118 Å². The third kappa shape index (κ3) is 7.05. The summed E-state index contributed by atoms with van der Waals surface area (Å²) in [5, 5.41) is 14.7. The summed E-state index contributed by atoms with van der Waals surface area (Å²) < 4.78 is 8.56. The largest absolute Gasteiger partial charge is 0.491 e. The summed E-state index contributed by atoms with van der Waals surface area (Å²) >= 11 is 0. The quantitative estimate of drug-likeness (QED) is 0.390. The second kappa shape index (κ2) is 13.2. The Bertz CT molecular complexity index is 1240. The van der Waals surface area contributed by atoms with Crippen LogP contribution in [0.2, 0.25) is 0 Å². The highest BCUT2D eigenvalue weighted by Crippen LogP contribution is 2.18. The zero-order valence-electron chi connectivity index (χ0n) is 20.8. The second-order valence-corrected chi connectivity index (χ2v) is 9.05. The predicted octanol–water partition coefficient (Wildman–Crippen LogP) is 3.23. The van der Waals surface area contributed by atoms with E-state index in [2.05, 4.69) is 15.5 Å². The van der Waals surface area contributed by atoms with Gasteiger partial charge in [-0.3, -0.25) is 4.57 Å². The fourth-order valence-electron chi connectivity index (χ4n) is 4.73. The van der Waals surface area contributed by atoms with E-state index in [4.69, 9.17) is 4.74 Å². The number of nitrogens with one attached hydrogen (secondary N) is 2. The molecule has 1 atom stereocenters. The Balaban J connectivity index is 0.00000380. The number of nitrogens with zero attached hydrogens (tertiary/aromatic N) is 3. The fraction of sp³-hybridized carbons (Fsp3) is 0.423. The van der Waals surface area contributed by atoms with Crippen molar-refractivity contribution in [3.63, 3.8) is 0 Å². The van der Waals surface area contributed by atoms with E-state index in [0.717, 1.165) is 31.4 Å². The van der Waals surface area contributed by atoms with Gasteiger partial charge >= 0.3 is 17.8 Å². The van der Waals surface area contributed by atoms with Crippen LogP contribution in [0.25, 0.3) is 11.0 Å². The first-order valence-corrected chi connectivity index (χ1v) is 12.3. The van der Waals surface area contributed by atoms with E-state index in [1.165, 1.54) is 4.57 Å². The SMILES string of the molecule is CCn1c(=O)n(C(=O)NCC2CCN(CC(COc3ccccc3)NC(=O)O)CC2)c2ccccc21.Cl. The van der Waals surface area contributed by atoms with Gasteiger partial charge in [0.05, 0.1) is 17.1 Å². The Morgan fingerprint density at radius 2 is 1.70 bits per heavy atom. The van der Waals surface area contributed by atoms with Gasteiger partial charge in [-0.25, -0.2) is 19.0 Å². The van der Waals surface area contributed by atoms with Crippen molar-refractivity contribution in [2.75, 3.05) is 32.8 Å². The second-order valence-electron chi connectivity index (χ2n) is 9.05. The lowest BCUT2D eigenvalue weighted by molar-refractivity contribution is 0.138. The molecule has 1 saturated heterocycles. The smallest absolute Gasteiger partial charge is 0.405 e. The highest BCUT2D eigenvalue weighted by molar-refractivity contribution is 5.89. The molecule has 1 aromatic heterocycles. The molecule has 2 heterocycles. The minimum Gasteiger partial charge on any atom is -0.491 e. The van der Waals surface area contributed by atoms with Crippen LogP contribution in [0.1, 0.15) is 19.8 Å². The first-order valence-electron chi connectivity index (χ1n) is 12.3. The van der Waals surface area contributed by atoms with Crippen molar-refractivity contribution in [2.45, 2.75) is 32.4 Å². The van der Waals surface area contributed by atoms with Crippen molar-refractivity contribution < 1.29 is 19.4 Å². The van der Waals surface area contributed by atoms with Crippen LogP contribution in [0.4, 0.5) is 9.59 Å². The number of imidazole rings is 1. The molecule has 1 aliphatic rings. The predicted molar refractivity (Wildman–Crippen MR) is 144 cm³/mol. The van der Waals surface area contributed by atoms with Crippen LogP contribution in [-0.2, 0) is 6.54 Å². The molecule has 4 rings (SSSR count). The highest BCUT2D eigenvalue weighted by Gasteiger charge is 2.24. The number of piperidine rings is 1. The molecule has 0 saturated carbocycles. The zero-order chi connectivity index (χ0) is 25.5. The fourth-order valence-corrected chi connectivity index (χ4v) is 4.73. The van der Waals surface area contributed by atoms with Gasteiger partial charge < -0.3 is 25.4 Å². The van der Waals surface area contributed by atoms with Crippen molar-refractivity contribution in [1.82, 2.24) is 24.7 Å².